The smallest absolute Gasteiger partial charge is 0.271 e. The maximum atomic E-state index is 12.0. The van der Waals surface area contributed by atoms with E-state index in [1.54, 1.807) is 6.07 Å². The highest BCUT2D eigenvalue weighted by atomic mass is 32.2. The van der Waals surface area contributed by atoms with Gasteiger partial charge in [-0.15, -0.1) is 0 Å². The maximum absolute atomic E-state index is 12.0. The van der Waals surface area contributed by atoms with Crippen molar-refractivity contribution in [3.63, 3.8) is 0 Å². The van der Waals surface area contributed by atoms with Crippen molar-refractivity contribution in [1.82, 2.24) is 9.97 Å². The Morgan fingerprint density at radius 2 is 2.25 bits per heavy atom. The van der Waals surface area contributed by atoms with E-state index in [-0.39, 0.29) is 22.9 Å². The molecule has 0 radical (unpaired) electrons. The van der Waals surface area contributed by atoms with E-state index in [9.17, 15) is 19.7 Å². The number of carbonyl (C=O) groups is 1. The minimum Gasteiger partial charge on any atom is -0.325 e. The molecule has 24 heavy (non-hydrogen) atoms. The van der Waals surface area contributed by atoms with E-state index in [1.807, 2.05) is 0 Å². The second-order valence-corrected chi connectivity index (χ2v) is 6.26. The molecule has 0 atom stereocenters. The molecule has 1 heterocycles. The lowest BCUT2D eigenvalue weighted by Crippen LogP contribution is -2.17. The van der Waals surface area contributed by atoms with Crippen molar-refractivity contribution in [2.24, 2.45) is 0 Å². The number of rotatable bonds is 5. The van der Waals surface area contributed by atoms with Crippen molar-refractivity contribution in [3.8, 4) is 0 Å². The monoisotopic (exact) mass is 346 g/mol. The Hall–Kier alpha value is -2.68. The van der Waals surface area contributed by atoms with Crippen molar-refractivity contribution in [3.05, 3.63) is 56.0 Å². The van der Waals surface area contributed by atoms with Crippen LogP contribution < -0.4 is 10.9 Å². The summed E-state index contributed by atoms with van der Waals surface area (Å²) in [4.78, 5) is 41.1. The summed E-state index contributed by atoms with van der Waals surface area (Å²) in [5.41, 5.74) is 1.66. The summed E-state index contributed by atoms with van der Waals surface area (Å²) < 4.78 is 0. The topological polar surface area (TPSA) is 118 Å². The predicted octanol–water partition coefficient (Wildman–Crippen LogP) is 1.90. The molecule has 0 aliphatic heterocycles. The van der Waals surface area contributed by atoms with E-state index in [0.29, 0.717) is 10.8 Å². The second kappa shape index (κ2) is 6.83. The molecule has 9 heteroatoms. The molecular formula is C15H14N4O4S. The number of fused-ring (bicyclic) bond motifs is 1. The lowest BCUT2D eigenvalue weighted by Gasteiger charge is -2.06. The van der Waals surface area contributed by atoms with E-state index in [4.69, 9.17) is 0 Å². The van der Waals surface area contributed by atoms with Gasteiger partial charge in [-0.05, 0) is 25.3 Å². The van der Waals surface area contributed by atoms with Crippen LogP contribution in [-0.4, -0.2) is 26.6 Å². The molecule has 3 rings (SSSR count). The zero-order chi connectivity index (χ0) is 17.1. The molecule has 1 amide bonds. The Morgan fingerprint density at radius 1 is 1.42 bits per heavy atom. The summed E-state index contributed by atoms with van der Waals surface area (Å²) in [5.74, 6) is -0.284. The highest BCUT2D eigenvalue weighted by molar-refractivity contribution is 7.99. The van der Waals surface area contributed by atoms with Gasteiger partial charge in [0.1, 0.15) is 0 Å². The van der Waals surface area contributed by atoms with Gasteiger partial charge in [0.05, 0.1) is 16.4 Å². The van der Waals surface area contributed by atoms with Crippen LogP contribution in [0, 0.1) is 10.1 Å². The van der Waals surface area contributed by atoms with Crippen LogP contribution in [0.15, 0.2) is 34.2 Å². The molecule has 0 saturated carbocycles. The van der Waals surface area contributed by atoms with Crippen LogP contribution in [0.1, 0.15) is 17.7 Å². The molecule has 124 valence electrons. The third-order valence-corrected chi connectivity index (χ3v) is 4.47. The van der Waals surface area contributed by atoms with Crippen LogP contribution in [0.4, 0.5) is 11.4 Å². The van der Waals surface area contributed by atoms with E-state index in [2.05, 4.69) is 15.3 Å². The van der Waals surface area contributed by atoms with Crippen LogP contribution in [0.2, 0.25) is 0 Å². The van der Waals surface area contributed by atoms with Gasteiger partial charge >= 0.3 is 0 Å². The molecule has 1 aliphatic rings. The minimum absolute atomic E-state index is 0.0461. The van der Waals surface area contributed by atoms with Crippen LogP contribution in [0.3, 0.4) is 0 Å². The standard InChI is InChI=1S/C15H14N4O4S/c20-13(16-9-3-1-4-10(7-9)19(22)23)8-24-15-17-12-6-2-5-11(12)14(21)18-15/h1,3-4,7H,2,5-6,8H2,(H,16,20)(H,17,18,21). The molecule has 2 N–H and O–H groups in total. The number of hydrogen-bond donors (Lipinski definition) is 2. The quantitative estimate of drug-likeness (QED) is 0.369. The summed E-state index contributed by atoms with van der Waals surface area (Å²) in [7, 11) is 0. The number of nitrogens with zero attached hydrogens (tertiary/aromatic N) is 2. The number of thioether (sulfide) groups is 1. The number of carbonyl (C=O) groups excluding carboxylic acids is 1. The first kappa shape index (κ1) is 16.2. The first-order valence-electron chi connectivity index (χ1n) is 7.32. The van der Waals surface area contributed by atoms with Crippen LogP contribution in [-0.2, 0) is 17.6 Å². The number of aromatic nitrogens is 2. The summed E-state index contributed by atoms with van der Waals surface area (Å²) >= 11 is 1.13. The fourth-order valence-corrected chi connectivity index (χ4v) is 3.20. The molecule has 0 unspecified atom stereocenters. The average molecular weight is 346 g/mol. The van der Waals surface area contributed by atoms with Crippen molar-refractivity contribution in [2.45, 2.75) is 24.4 Å². The number of nitrogens with one attached hydrogen (secondary N) is 2. The van der Waals surface area contributed by atoms with E-state index >= 15 is 0 Å². The normalized spacial score (nSPS) is 12.7. The Kier molecular flexibility index (Phi) is 4.61. The molecule has 0 fully saturated rings. The molecule has 0 bridgehead atoms. The van der Waals surface area contributed by atoms with Crippen molar-refractivity contribution < 1.29 is 9.72 Å². The Morgan fingerprint density at radius 3 is 3.04 bits per heavy atom. The van der Waals surface area contributed by atoms with Gasteiger partial charge in [-0.3, -0.25) is 19.7 Å². The summed E-state index contributed by atoms with van der Waals surface area (Å²) in [5, 5.41) is 13.7. The number of benzene rings is 1. The third kappa shape index (κ3) is 3.62. The van der Waals surface area contributed by atoms with Crippen LogP contribution >= 0.6 is 11.8 Å². The van der Waals surface area contributed by atoms with Crippen molar-refractivity contribution in [2.75, 3.05) is 11.1 Å². The number of anilines is 1. The number of nitro benzene ring substituents is 1. The molecule has 0 spiro atoms. The molecule has 0 saturated heterocycles. The van der Waals surface area contributed by atoms with Crippen molar-refractivity contribution in [1.29, 1.82) is 0 Å². The van der Waals surface area contributed by atoms with Crippen LogP contribution in [0.5, 0.6) is 0 Å². The Bertz CT molecular complexity index is 865. The SMILES string of the molecule is O=C(CSc1nc2c(c(=O)[nH]1)CCC2)Nc1cccc([N+](=O)[O-])c1. The number of non-ortho nitro benzene ring substituents is 1. The summed E-state index contributed by atoms with van der Waals surface area (Å²) in [6, 6.07) is 5.72. The molecule has 8 nitrogen and oxygen atoms in total. The highest BCUT2D eigenvalue weighted by Gasteiger charge is 2.17. The lowest BCUT2D eigenvalue weighted by molar-refractivity contribution is -0.384. The van der Waals surface area contributed by atoms with Gasteiger partial charge in [-0.2, -0.15) is 0 Å². The van der Waals surface area contributed by atoms with Gasteiger partial charge in [0.2, 0.25) is 5.91 Å². The Balaban J connectivity index is 1.62. The average Bonchev–Trinajstić information content (AvgIpc) is 3.02. The van der Waals surface area contributed by atoms with Gasteiger partial charge in [0, 0.05) is 23.4 Å². The number of amides is 1. The van der Waals surface area contributed by atoms with Gasteiger partial charge in [0.15, 0.2) is 5.16 Å². The maximum Gasteiger partial charge on any atom is 0.271 e. The lowest BCUT2D eigenvalue weighted by atomic mass is 10.3. The van der Waals surface area contributed by atoms with E-state index in [1.165, 1.54) is 18.2 Å². The Labute approximate surface area is 140 Å². The van der Waals surface area contributed by atoms with Crippen LogP contribution in [0.25, 0.3) is 0 Å². The van der Waals surface area contributed by atoms with Crippen molar-refractivity contribution >= 4 is 29.0 Å². The molecular weight excluding hydrogens is 332 g/mol. The van der Waals surface area contributed by atoms with Gasteiger partial charge in [-0.1, -0.05) is 17.8 Å². The zero-order valence-electron chi connectivity index (χ0n) is 12.6. The number of aromatic amines is 1. The molecule has 2 aromatic rings. The number of nitro groups is 1. The summed E-state index contributed by atoms with van der Waals surface area (Å²) in [6.07, 6.45) is 2.45. The molecule has 1 aromatic carbocycles. The van der Waals surface area contributed by atoms with Gasteiger partial charge in [-0.25, -0.2) is 4.98 Å². The van der Waals surface area contributed by atoms with E-state index in [0.717, 1.165) is 42.3 Å². The molecule has 1 aromatic heterocycles. The first-order chi connectivity index (χ1) is 11.5. The van der Waals surface area contributed by atoms with Gasteiger partial charge < -0.3 is 10.3 Å². The predicted molar refractivity (Wildman–Crippen MR) is 89.3 cm³/mol. The number of aryl methyl sites for hydroxylation is 1. The third-order valence-electron chi connectivity index (χ3n) is 3.60. The van der Waals surface area contributed by atoms with E-state index < -0.39 is 4.92 Å². The fourth-order valence-electron chi connectivity index (χ4n) is 2.52. The zero-order valence-corrected chi connectivity index (χ0v) is 13.4. The summed E-state index contributed by atoms with van der Waals surface area (Å²) in [6.45, 7) is 0. The van der Waals surface area contributed by atoms with Gasteiger partial charge in [0.25, 0.3) is 11.2 Å². The number of hydrogen-bond acceptors (Lipinski definition) is 6. The fraction of sp³-hybridized carbons (Fsp3) is 0.267. The first-order valence-corrected chi connectivity index (χ1v) is 8.30. The minimum atomic E-state index is -0.524. The number of H-pyrrole nitrogens is 1. The highest BCUT2D eigenvalue weighted by Crippen LogP contribution is 2.20. The largest absolute Gasteiger partial charge is 0.325 e. The second-order valence-electron chi connectivity index (χ2n) is 5.29. The molecule has 1 aliphatic carbocycles.